The van der Waals surface area contributed by atoms with Crippen molar-refractivity contribution in [3.63, 3.8) is 0 Å². The Labute approximate surface area is 194 Å². The van der Waals surface area contributed by atoms with Crippen LogP contribution in [-0.2, 0) is 9.63 Å². The van der Waals surface area contributed by atoms with Crippen LogP contribution in [-0.4, -0.2) is 36.3 Å². The minimum atomic E-state index is -0.307. The molecule has 4 rings (SSSR count). The van der Waals surface area contributed by atoms with Gasteiger partial charge in [0.1, 0.15) is 0 Å². The average molecular weight is 450 g/mol. The van der Waals surface area contributed by atoms with Crippen LogP contribution in [0.2, 0.25) is 0 Å². The van der Waals surface area contributed by atoms with Gasteiger partial charge >= 0.3 is 5.97 Å². The Bertz CT molecular complexity index is 675. The number of hydrogen-bond acceptors (Lipinski definition) is 6. The van der Waals surface area contributed by atoms with E-state index in [4.69, 9.17) is 11.6 Å². The molecule has 6 heteroatoms. The summed E-state index contributed by atoms with van der Waals surface area (Å²) in [6, 6.07) is 0.561. The fourth-order valence-electron chi connectivity index (χ4n) is 9.28. The second-order valence-corrected chi connectivity index (χ2v) is 12.2. The lowest BCUT2D eigenvalue weighted by molar-refractivity contribution is -0.167. The van der Waals surface area contributed by atoms with Crippen molar-refractivity contribution >= 4 is 5.97 Å². The van der Waals surface area contributed by atoms with E-state index in [1.54, 1.807) is 0 Å². The van der Waals surface area contributed by atoms with Crippen molar-refractivity contribution in [1.29, 1.82) is 0 Å². The van der Waals surface area contributed by atoms with Gasteiger partial charge < -0.3 is 21.0 Å². The molecule has 32 heavy (non-hydrogen) atoms. The molecule has 0 radical (unpaired) electrons. The Balaban J connectivity index is 1.48. The van der Waals surface area contributed by atoms with E-state index in [2.05, 4.69) is 30.9 Å². The van der Waals surface area contributed by atoms with Crippen LogP contribution in [0.15, 0.2) is 0 Å². The van der Waals surface area contributed by atoms with Crippen LogP contribution in [0.4, 0.5) is 0 Å². The molecule has 4 saturated carbocycles. The van der Waals surface area contributed by atoms with E-state index in [0.717, 1.165) is 19.4 Å². The molecule has 0 aliphatic heterocycles. The molecule has 0 aromatic rings. The maximum absolute atomic E-state index is 11.6. The lowest BCUT2D eigenvalue weighted by atomic mass is 9.43. The molecule has 0 aromatic heterocycles. The van der Waals surface area contributed by atoms with Gasteiger partial charge in [0.2, 0.25) is 0 Å². The second-order valence-electron chi connectivity index (χ2n) is 12.2. The fraction of sp³-hybridized carbons (Fsp3) is 0.962. The molecule has 0 saturated heterocycles. The first-order chi connectivity index (χ1) is 15.2. The summed E-state index contributed by atoms with van der Waals surface area (Å²) in [6.07, 6.45) is 10.7. The van der Waals surface area contributed by atoms with Crippen molar-refractivity contribution in [2.45, 2.75) is 97.1 Å². The SMILES string of the molecule is C[C@H](CCC(=O)ON)[C@H]1CCC2C3C(CC[C@@]21C)[C@@]1(C)CC[C@H](NCCN)C[C@H]1C[C@H]3O. The van der Waals surface area contributed by atoms with E-state index in [1.165, 1.54) is 44.9 Å². The van der Waals surface area contributed by atoms with Gasteiger partial charge in [-0.25, -0.2) is 0 Å². The van der Waals surface area contributed by atoms with Crippen LogP contribution >= 0.6 is 0 Å². The van der Waals surface area contributed by atoms with Crippen LogP contribution in [0.5, 0.6) is 0 Å². The first-order valence-corrected chi connectivity index (χ1v) is 13.3. The third kappa shape index (κ3) is 4.14. The molecule has 0 amide bonds. The number of aliphatic hydroxyl groups is 1. The molecular weight excluding hydrogens is 402 g/mol. The summed E-state index contributed by atoms with van der Waals surface area (Å²) >= 11 is 0. The molecule has 4 aliphatic rings. The van der Waals surface area contributed by atoms with Crippen molar-refractivity contribution in [1.82, 2.24) is 5.32 Å². The normalized spacial score (nSPS) is 46.6. The smallest absolute Gasteiger partial charge is 0.324 e. The number of carbonyl (C=O) groups is 1. The van der Waals surface area contributed by atoms with Gasteiger partial charge in [-0.1, -0.05) is 20.8 Å². The quantitative estimate of drug-likeness (QED) is 0.444. The van der Waals surface area contributed by atoms with E-state index in [9.17, 15) is 9.90 Å². The first-order valence-electron chi connectivity index (χ1n) is 13.3. The van der Waals surface area contributed by atoms with Crippen molar-refractivity contribution in [2.75, 3.05) is 13.1 Å². The maximum Gasteiger partial charge on any atom is 0.324 e. The monoisotopic (exact) mass is 449 g/mol. The summed E-state index contributed by atoms with van der Waals surface area (Å²) in [6.45, 7) is 8.94. The Hall–Kier alpha value is -0.690. The van der Waals surface area contributed by atoms with Gasteiger partial charge in [-0.3, -0.25) is 4.79 Å². The maximum atomic E-state index is 11.6. The molecule has 6 nitrogen and oxygen atoms in total. The zero-order valence-corrected chi connectivity index (χ0v) is 20.5. The fourth-order valence-corrected chi connectivity index (χ4v) is 9.28. The Kier molecular flexibility index (Phi) is 7.27. The minimum Gasteiger partial charge on any atom is -0.393 e. The van der Waals surface area contributed by atoms with Gasteiger partial charge in [-0.2, -0.15) is 5.90 Å². The number of hydrogen-bond donors (Lipinski definition) is 4. The number of rotatable bonds is 7. The largest absolute Gasteiger partial charge is 0.393 e. The van der Waals surface area contributed by atoms with Gasteiger partial charge in [0.05, 0.1) is 6.10 Å². The van der Waals surface area contributed by atoms with Crippen LogP contribution in [0, 0.1) is 46.3 Å². The average Bonchev–Trinajstić information content (AvgIpc) is 3.13. The first kappa shape index (κ1) is 24.4. The molecule has 0 spiro atoms. The van der Waals surface area contributed by atoms with Crippen molar-refractivity contribution in [3.05, 3.63) is 0 Å². The Morgan fingerprint density at radius 3 is 2.56 bits per heavy atom. The molecule has 4 aliphatic carbocycles. The number of fused-ring (bicyclic) bond motifs is 5. The Morgan fingerprint density at radius 2 is 1.84 bits per heavy atom. The minimum absolute atomic E-state index is 0.169. The predicted octanol–water partition coefficient (Wildman–Crippen LogP) is 3.37. The highest BCUT2D eigenvalue weighted by Crippen LogP contribution is 2.68. The van der Waals surface area contributed by atoms with Gasteiger partial charge in [-0.05, 0) is 104 Å². The van der Waals surface area contributed by atoms with Gasteiger partial charge in [0.25, 0.3) is 0 Å². The van der Waals surface area contributed by atoms with E-state index in [0.29, 0.717) is 59.9 Å². The molecule has 184 valence electrons. The molecule has 3 unspecified atom stereocenters. The molecule has 0 bridgehead atoms. The van der Waals surface area contributed by atoms with Crippen molar-refractivity contribution < 1.29 is 14.7 Å². The van der Waals surface area contributed by atoms with Crippen LogP contribution in [0.1, 0.15) is 85.0 Å². The molecule has 6 N–H and O–H groups in total. The zero-order chi connectivity index (χ0) is 23.1. The number of nitrogens with one attached hydrogen (secondary N) is 1. The highest BCUT2D eigenvalue weighted by atomic mass is 16.7. The van der Waals surface area contributed by atoms with Crippen LogP contribution < -0.4 is 16.9 Å². The topological polar surface area (TPSA) is 111 Å². The zero-order valence-electron chi connectivity index (χ0n) is 20.5. The summed E-state index contributed by atoms with van der Waals surface area (Å²) in [7, 11) is 0. The summed E-state index contributed by atoms with van der Waals surface area (Å²) in [5, 5.41) is 15.1. The number of carbonyl (C=O) groups excluding carboxylic acids is 1. The number of nitrogens with two attached hydrogens (primary N) is 2. The van der Waals surface area contributed by atoms with E-state index >= 15 is 0 Å². The lowest BCUT2D eigenvalue weighted by Crippen LogP contribution is -2.59. The third-order valence-corrected chi connectivity index (χ3v) is 11.0. The van der Waals surface area contributed by atoms with Crippen LogP contribution in [0.3, 0.4) is 0 Å². The summed E-state index contributed by atoms with van der Waals surface area (Å²) in [5.41, 5.74) is 6.35. The predicted molar refractivity (Wildman–Crippen MR) is 126 cm³/mol. The summed E-state index contributed by atoms with van der Waals surface area (Å²) < 4.78 is 0. The number of aliphatic hydroxyl groups excluding tert-OH is 1. The Morgan fingerprint density at radius 1 is 1.12 bits per heavy atom. The van der Waals surface area contributed by atoms with Gasteiger partial charge in [-0.15, -0.1) is 0 Å². The molecular formula is C26H47N3O3. The van der Waals surface area contributed by atoms with E-state index in [-0.39, 0.29) is 17.5 Å². The second kappa shape index (κ2) is 9.52. The standard InChI is InChI=1S/C26H47N3O3/c1-16(4-7-23(31)32-28)19-5-6-20-24-21(9-11-26(19,20)3)25(2)10-8-18(29-13-12-27)14-17(25)15-22(24)30/h16-22,24,29-30H,4-15,27-28H2,1-3H3/t16-,17+,18+,19-,20?,21?,22-,24?,25+,26-/m1/s1. The van der Waals surface area contributed by atoms with E-state index in [1.807, 2.05) is 0 Å². The van der Waals surface area contributed by atoms with Gasteiger partial charge in [0, 0.05) is 25.6 Å². The summed E-state index contributed by atoms with van der Waals surface area (Å²) in [4.78, 5) is 16.0. The third-order valence-electron chi connectivity index (χ3n) is 11.0. The molecule has 4 fully saturated rings. The molecule has 0 aromatic carbocycles. The lowest BCUT2D eigenvalue weighted by Gasteiger charge is -2.62. The molecule has 0 heterocycles. The van der Waals surface area contributed by atoms with Crippen LogP contribution in [0.25, 0.3) is 0 Å². The summed E-state index contributed by atoms with van der Waals surface area (Å²) in [5.74, 6) is 8.14. The van der Waals surface area contributed by atoms with Crippen molar-refractivity contribution in [2.24, 2.45) is 58.0 Å². The van der Waals surface area contributed by atoms with E-state index < -0.39 is 0 Å². The molecule has 10 atom stereocenters. The van der Waals surface area contributed by atoms with Gasteiger partial charge in [0.15, 0.2) is 0 Å². The highest BCUT2D eigenvalue weighted by molar-refractivity contribution is 5.68. The van der Waals surface area contributed by atoms with Crippen molar-refractivity contribution in [3.8, 4) is 0 Å². The highest BCUT2D eigenvalue weighted by Gasteiger charge is 2.62.